The summed E-state index contributed by atoms with van der Waals surface area (Å²) in [5.41, 5.74) is 2.34. The maximum atomic E-state index is 15.2. The van der Waals surface area contributed by atoms with Gasteiger partial charge in [0, 0.05) is 54.9 Å². The molecule has 46 heavy (non-hydrogen) atoms. The number of rotatable bonds is 7. The van der Waals surface area contributed by atoms with Crippen molar-refractivity contribution in [3.63, 3.8) is 0 Å². The number of benzene rings is 2. The van der Waals surface area contributed by atoms with Gasteiger partial charge in [0.2, 0.25) is 0 Å². The Bertz CT molecular complexity index is 1980. The first-order valence-electron chi connectivity index (χ1n) is 14.7. The van der Waals surface area contributed by atoms with Crippen molar-refractivity contribution < 1.29 is 27.0 Å². The number of halogens is 5. The molecule has 7 rings (SSSR count). The van der Waals surface area contributed by atoms with Crippen LogP contribution >= 0.6 is 11.6 Å². The van der Waals surface area contributed by atoms with Crippen molar-refractivity contribution in [3.8, 4) is 17.0 Å². The Hall–Kier alpha value is -4.49. The summed E-state index contributed by atoms with van der Waals surface area (Å²) in [4.78, 5) is 25.2. The molecule has 1 fully saturated rings. The van der Waals surface area contributed by atoms with Crippen molar-refractivity contribution in [3.05, 3.63) is 99.1 Å². The van der Waals surface area contributed by atoms with Crippen LogP contribution in [0.1, 0.15) is 29.5 Å². The molecule has 0 amide bonds. The predicted octanol–water partition coefficient (Wildman–Crippen LogP) is 6.11. The average Bonchev–Trinajstić information content (AvgIpc) is 3.70. The van der Waals surface area contributed by atoms with E-state index in [0.29, 0.717) is 68.2 Å². The first kappa shape index (κ1) is 30.2. The third-order valence-corrected chi connectivity index (χ3v) is 8.41. The molecular formula is C32H27ClF4N6O3. The van der Waals surface area contributed by atoms with Gasteiger partial charge in [-0.15, -0.1) is 13.2 Å². The number of ether oxygens (including phenoxy) is 2. The molecule has 5 aromatic rings. The van der Waals surface area contributed by atoms with Crippen LogP contribution in [0.2, 0.25) is 5.02 Å². The van der Waals surface area contributed by atoms with E-state index in [2.05, 4.69) is 9.84 Å². The minimum absolute atomic E-state index is 0.176. The summed E-state index contributed by atoms with van der Waals surface area (Å²) in [5.74, 6) is 0.346. The number of anilines is 1. The number of fused-ring (bicyclic) bond motifs is 2. The van der Waals surface area contributed by atoms with E-state index in [1.54, 1.807) is 45.8 Å². The van der Waals surface area contributed by atoms with Gasteiger partial charge in [0.15, 0.2) is 0 Å². The maximum absolute atomic E-state index is 15.2. The summed E-state index contributed by atoms with van der Waals surface area (Å²) in [7, 11) is 0. The number of alkyl halides is 3. The van der Waals surface area contributed by atoms with Crippen molar-refractivity contribution in [2.45, 2.75) is 44.8 Å². The van der Waals surface area contributed by atoms with Crippen LogP contribution in [-0.4, -0.2) is 50.4 Å². The van der Waals surface area contributed by atoms with Crippen LogP contribution < -0.4 is 15.2 Å². The lowest BCUT2D eigenvalue weighted by Crippen LogP contribution is -2.39. The summed E-state index contributed by atoms with van der Waals surface area (Å²) < 4.78 is 66.0. The van der Waals surface area contributed by atoms with E-state index in [1.807, 2.05) is 11.1 Å². The second-order valence-electron chi connectivity index (χ2n) is 11.2. The van der Waals surface area contributed by atoms with Crippen molar-refractivity contribution >= 4 is 28.3 Å². The van der Waals surface area contributed by atoms with Crippen LogP contribution in [-0.2, 0) is 30.7 Å². The fourth-order valence-corrected chi connectivity index (χ4v) is 6.09. The summed E-state index contributed by atoms with van der Waals surface area (Å²) in [6, 6.07) is 11.8. The quantitative estimate of drug-likeness (QED) is 0.196. The van der Waals surface area contributed by atoms with Gasteiger partial charge in [-0.25, -0.2) is 14.4 Å². The van der Waals surface area contributed by atoms with E-state index in [4.69, 9.17) is 26.3 Å². The Morgan fingerprint density at radius 2 is 1.89 bits per heavy atom. The SMILES string of the molecule is O=c1c2cc(N3CCO[C@@H](c4cnn(CCc5ccc(OC(F)(F)F)cc5)c4)C3)nc(-c3ccc(Cl)cc3F)c2nc2n1CCC2. The van der Waals surface area contributed by atoms with Crippen LogP contribution in [0.3, 0.4) is 0 Å². The average molecular weight is 655 g/mol. The monoisotopic (exact) mass is 654 g/mol. The molecule has 2 aliphatic heterocycles. The predicted molar refractivity (Wildman–Crippen MR) is 162 cm³/mol. The van der Waals surface area contributed by atoms with E-state index >= 15 is 4.39 Å². The molecule has 1 atom stereocenters. The molecule has 0 aliphatic carbocycles. The highest BCUT2D eigenvalue weighted by Gasteiger charge is 2.31. The van der Waals surface area contributed by atoms with Crippen molar-refractivity contribution in [2.24, 2.45) is 0 Å². The zero-order chi connectivity index (χ0) is 32.0. The van der Waals surface area contributed by atoms with Gasteiger partial charge in [-0.3, -0.25) is 14.0 Å². The zero-order valence-corrected chi connectivity index (χ0v) is 25.1. The topological polar surface area (TPSA) is 87.3 Å². The molecule has 238 valence electrons. The van der Waals surface area contributed by atoms with Crippen LogP contribution in [0.15, 0.2) is 65.7 Å². The molecule has 9 nitrogen and oxygen atoms in total. The van der Waals surface area contributed by atoms with E-state index in [0.717, 1.165) is 17.5 Å². The molecule has 2 aromatic carbocycles. The third-order valence-electron chi connectivity index (χ3n) is 8.18. The Balaban J connectivity index is 1.13. The van der Waals surface area contributed by atoms with Crippen LogP contribution in [0.5, 0.6) is 5.75 Å². The van der Waals surface area contributed by atoms with Gasteiger partial charge in [0.05, 0.1) is 18.2 Å². The number of nitrogens with zero attached hydrogens (tertiary/aromatic N) is 6. The Labute approximate surface area is 265 Å². The normalized spacial score (nSPS) is 16.6. The fraction of sp³-hybridized carbons (Fsp3) is 0.312. The number of morpholine rings is 1. The summed E-state index contributed by atoms with van der Waals surface area (Å²) >= 11 is 6.03. The molecule has 0 bridgehead atoms. The van der Waals surface area contributed by atoms with Gasteiger partial charge < -0.3 is 14.4 Å². The van der Waals surface area contributed by atoms with Crippen LogP contribution in [0, 0.1) is 5.82 Å². The van der Waals surface area contributed by atoms with E-state index < -0.39 is 12.2 Å². The standard InChI is InChI=1S/C32H27ClF4N6O3/c33-21-5-8-23(25(34)14-21)29-30-24(31(44)43-10-1-2-27(43)39-30)15-28(40-29)41-12-13-45-26(18-41)20-16-38-42(17-20)11-9-19-3-6-22(7-4-19)46-32(35,36)37/h3-8,14-17,26H,1-2,9-13,18H2/t26-/m1/s1. The van der Waals surface area contributed by atoms with Crippen molar-refractivity contribution in [1.29, 1.82) is 0 Å². The van der Waals surface area contributed by atoms with Crippen molar-refractivity contribution in [2.75, 3.05) is 24.6 Å². The molecule has 2 aliphatic rings. The molecule has 0 N–H and O–H groups in total. The summed E-state index contributed by atoms with van der Waals surface area (Å²) in [6.07, 6.45) is 0.522. The van der Waals surface area contributed by atoms with Gasteiger partial charge in [0.25, 0.3) is 5.56 Å². The Morgan fingerprint density at radius 1 is 1.07 bits per heavy atom. The molecule has 1 saturated heterocycles. The molecule has 0 unspecified atom stereocenters. The van der Waals surface area contributed by atoms with Crippen molar-refractivity contribution in [1.82, 2.24) is 24.3 Å². The smallest absolute Gasteiger partial charge is 0.406 e. The minimum atomic E-state index is -4.74. The highest BCUT2D eigenvalue weighted by molar-refractivity contribution is 6.30. The third kappa shape index (κ3) is 6.16. The number of hydrogen-bond acceptors (Lipinski definition) is 7. The fourth-order valence-electron chi connectivity index (χ4n) is 5.93. The molecule has 0 spiro atoms. The second kappa shape index (κ2) is 12.0. The lowest BCUT2D eigenvalue weighted by Gasteiger charge is -2.33. The van der Waals surface area contributed by atoms with E-state index in [9.17, 15) is 18.0 Å². The zero-order valence-electron chi connectivity index (χ0n) is 24.3. The Morgan fingerprint density at radius 3 is 2.67 bits per heavy atom. The minimum Gasteiger partial charge on any atom is -0.406 e. The number of pyridine rings is 1. The molecule has 3 aromatic heterocycles. The first-order valence-corrected chi connectivity index (χ1v) is 15.1. The Kier molecular flexibility index (Phi) is 7.89. The molecule has 5 heterocycles. The highest BCUT2D eigenvalue weighted by Crippen LogP contribution is 2.33. The summed E-state index contributed by atoms with van der Waals surface area (Å²) in [5, 5.41) is 5.07. The van der Waals surface area contributed by atoms with E-state index in [-0.39, 0.29) is 33.7 Å². The maximum Gasteiger partial charge on any atom is 0.573 e. The number of hydrogen-bond donors (Lipinski definition) is 0. The van der Waals surface area contributed by atoms with E-state index in [1.165, 1.54) is 18.2 Å². The van der Waals surface area contributed by atoms with Gasteiger partial charge >= 0.3 is 6.36 Å². The molecule has 0 saturated carbocycles. The second-order valence-corrected chi connectivity index (χ2v) is 11.7. The molecular weight excluding hydrogens is 628 g/mol. The number of aryl methyl sites for hydroxylation is 3. The van der Waals surface area contributed by atoms with Gasteiger partial charge in [-0.05, 0) is 54.8 Å². The lowest BCUT2D eigenvalue weighted by molar-refractivity contribution is -0.274. The van der Waals surface area contributed by atoms with Gasteiger partial charge in [-0.1, -0.05) is 23.7 Å². The number of aromatic nitrogens is 5. The summed E-state index contributed by atoms with van der Waals surface area (Å²) in [6.45, 7) is 2.38. The van der Waals surface area contributed by atoms with Gasteiger partial charge in [-0.2, -0.15) is 5.10 Å². The molecule has 0 radical (unpaired) electrons. The first-order chi connectivity index (χ1) is 22.1. The van der Waals surface area contributed by atoms with Gasteiger partial charge in [0.1, 0.15) is 40.5 Å². The largest absolute Gasteiger partial charge is 0.573 e. The highest BCUT2D eigenvalue weighted by atomic mass is 35.5. The van der Waals surface area contributed by atoms with Crippen LogP contribution in [0.25, 0.3) is 22.2 Å². The lowest BCUT2D eigenvalue weighted by atomic mass is 10.1. The molecule has 14 heteroatoms. The van der Waals surface area contributed by atoms with Crippen LogP contribution in [0.4, 0.5) is 23.4 Å².